The summed E-state index contributed by atoms with van der Waals surface area (Å²) in [5.74, 6) is 1.33. The molecule has 0 saturated carbocycles. The molecule has 2 aromatic carbocycles. The number of ether oxygens (including phenoxy) is 2. The molecule has 6 heteroatoms. The highest BCUT2D eigenvalue weighted by Gasteiger charge is 2.18. The van der Waals surface area contributed by atoms with Gasteiger partial charge in [-0.3, -0.25) is 0 Å². The predicted octanol–water partition coefficient (Wildman–Crippen LogP) is 2.18. The minimum Gasteiger partial charge on any atom is -0.509 e. The molecule has 0 spiro atoms. The molecular weight excluding hydrogens is 283 g/mol. The lowest BCUT2D eigenvalue weighted by Crippen LogP contribution is -2.21. The predicted molar refractivity (Wildman–Crippen MR) is 84.0 cm³/mol. The summed E-state index contributed by atoms with van der Waals surface area (Å²) in [6.07, 6.45) is 0.714. The first-order chi connectivity index (χ1) is 10.6. The van der Waals surface area contributed by atoms with Gasteiger partial charge in [0.2, 0.25) is 0 Å². The van der Waals surface area contributed by atoms with Crippen LogP contribution < -0.4 is 14.1 Å². The summed E-state index contributed by atoms with van der Waals surface area (Å²) >= 11 is 0. The van der Waals surface area contributed by atoms with E-state index < -0.39 is 7.32 Å². The summed E-state index contributed by atoms with van der Waals surface area (Å²) in [6, 6.07) is 13.2. The summed E-state index contributed by atoms with van der Waals surface area (Å²) in [6.45, 7) is 2.43. The smallest absolute Gasteiger partial charge is 0.509 e. The van der Waals surface area contributed by atoms with Crippen LogP contribution in [0.5, 0.6) is 17.2 Å². The summed E-state index contributed by atoms with van der Waals surface area (Å²) in [7, 11) is -0.409. The van der Waals surface area contributed by atoms with Crippen molar-refractivity contribution in [2.24, 2.45) is 0 Å². The zero-order valence-electron chi connectivity index (χ0n) is 12.7. The zero-order chi connectivity index (χ0) is 15.9. The topological polar surface area (TPSA) is 68.2 Å². The van der Waals surface area contributed by atoms with Gasteiger partial charge in [-0.05, 0) is 23.6 Å². The third-order valence-corrected chi connectivity index (χ3v) is 3.20. The molecule has 0 atom stereocenters. The highest BCUT2D eigenvalue weighted by Crippen LogP contribution is 2.35. The van der Waals surface area contributed by atoms with Crippen LogP contribution in [0.25, 0.3) is 0 Å². The van der Waals surface area contributed by atoms with E-state index in [4.69, 9.17) is 24.2 Å². The van der Waals surface area contributed by atoms with E-state index in [9.17, 15) is 0 Å². The fraction of sp³-hybridized carbons (Fsp3) is 0.250. The van der Waals surface area contributed by atoms with Gasteiger partial charge in [-0.1, -0.05) is 37.3 Å². The molecule has 0 bridgehead atoms. The molecule has 2 rings (SSSR count). The standard InChI is InChI=1S/C16H19BO5/c1-3-13-9-16(22-17(18)19)15(20-2)10-14(13)21-11-12-7-5-4-6-8-12/h4-10,18-19H,3,11H2,1-2H3. The van der Waals surface area contributed by atoms with Crippen molar-refractivity contribution in [3.63, 3.8) is 0 Å². The quantitative estimate of drug-likeness (QED) is 0.767. The molecule has 2 aromatic rings. The molecule has 5 nitrogen and oxygen atoms in total. The molecule has 0 fully saturated rings. The van der Waals surface area contributed by atoms with Crippen LogP contribution in [0.4, 0.5) is 0 Å². The number of aryl methyl sites for hydroxylation is 1. The van der Waals surface area contributed by atoms with E-state index in [2.05, 4.69) is 0 Å². The normalized spacial score (nSPS) is 10.2. The van der Waals surface area contributed by atoms with Crippen molar-refractivity contribution in [2.75, 3.05) is 7.11 Å². The average Bonchev–Trinajstić information content (AvgIpc) is 2.53. The van der Waals surface area contributed by atoms with Gasteiger partial charge >= 0.3 is 7.32 Å². The van der Waals surface area contributed by atoms with Crippen molar-refractivity contribution < 1.29 is 24.2 Å². The molecule has 0 aliphatic heterocycles. The Morgan fingerprint density at radius 1 is 1.00 bits per heavy atom. The van der Waals surface area contributed by atoms with E-state index >= 15 is 0 Å². The fourth-order valence-corrected chi connectivity index (χ4v) is 2.09. The lowest BCUT2D eigenvalue weighted by Gasteiger charge is -2.16. The molecule has 0 aromatic heterocycles. The molecule has 22 heavy (non-hydrogen) atoms. The summed E-state index contributed by atoms with van der Waals surface area (Å²) in [5, 5.41) is 17.9. The summed E-state index contributed by atoms with van der Waals surface area (Å²) in [5.41, 5.74) is 1.96. The van der Waals surface area contributed by atoms with E-state index in [-0.39, 0.29) is 5.75 Å². The first-order valence-corrected chi connectivity index (χ1v) is 7.04. The van der Waals surface area contributed by atoms with Gasteiger partial charge in [0.15, 0.2) is 5.75 Å². The van der Waals surface area contributed by atoms with Gasteiger partial charge in [0.05, 0.1) is 7.11 Å². The largest absolute Gasteiger partial charge is 0.707 e. The highest BCUT2D eigenvalue weighted by atomic mass is 16.6. The molecular formula is C16H19BO5. The van der Waals surface area contributed by atoms with E-state index in [1.807, 2.05) is 37.3 Å². The number of methoxy groups -OCH3 is 1. The van der Waals surface area contributed by atoms with Crippen LogP contribution in [0.3, 0.4) is 0 Å². The fourth-order valence-electron chi connectivity index (χ4n) is 2.09. The second-order valence-corrected chi connectivity index (χ2v) is 4.68. The van der Waals surface area contributed by atoms with E-state index in [0.29, 0.717) is 24.5 Å². The highest BCUT2D eigenvalue weighted by molar-refractivity contribution is 6.33. The van der Waals surface area contributed by atoms with Gasteiger partial charge in [-0.15, -0.1) is 0 Å². The van der Waals surface area contributed by atoms with Crippen LogP contribution >= 0.6 is 0 Å². The minimum atomic E-state index is -1.89. The Hall–Kier alpha value is -2.18. The van der Waals surface area contributed by atoms with E-state index in [0.717, 1.165) is 11.1 Å². The average molecular weight is 302 g/mol. The summed E-state index contributed by atoms with van der Waals surface area (Å²) in [4.78, 5) is 0. The minimum absolute atomic E-state index is 0.265. The number of hydrogen-bond acceptors (Lipinski definition) is 5. The Labute approximate surface area is 130 Å². The summed E-state index contributed by atoms with van der Waals surface area (Å²) < 4.78 is 16.0. The van der Waals surface area contributed by atoms with Crippen LogP contribution in [0.2, 0.25) is 0 Å². The molecule has 0 unspecified atom stereocenters. The van der Waals surface area contributed by atoms with Crippen molar-refractivity contribution in [3.8, 4) is 17.2 Å². The van der Waals surface area contributed by atoms with Crippen LogP contribution in [-0.2, 0) is 13.0 Å². The molecule has 0 heterocycles. The lowest BCUT2D eigenvalue weighted by molar-refractivity contribution is 0.275. The number of hydrogen-bond donors (Lipinski definition) is 2. The van der Waals surface area contributed by atoms with Gasteiger partial charge in [0.25, 0.3) is 0 Å². The first kappa shape index (κ1) is 16.2. The Morgan fingerprint density at radius 2 is 1.73 bits per heavy atom. The molecule has 0 aliphatic carbocycles. The van der Waals surface area contributed by atoms with Gasteiger partial charge in [-0.2, -0.15) is 0 Å². The molecule has 2 N–H and O–H groups in total. The Bertz CT molecular complexity index is 601. The molecule has 0 aliphatic rings. The first-order valence-electron chi connectivity index (χ1n) is 7.04. The SMILES string of the molecule is CCc1cc(OB(O)O)c(OC)cc1OCc1ccccc1. The Kier molecular flexibility index (Phi) is 5.69. The van der Waals surface area contributed by atoms with E-state index in [1.165, 1.54) is 7.11 Å². The van der Waals surface area contributed by atoms with Crippen molar-refractivity contribution >= 4 is 7.32 Å². The van der Waals surface area contributed by atoms with Crippen LogP contribution in [0.15, 0.2) is 42.5 Å². The van der Waals surface area contributed by atoms with Crippen molar-refractivity contribution in [1.82, 2.24) is 0 Å². The van der Waals surface area contributed by atoms with Crippen molar-refractivity contribution in [2.45, 2.75) is 20.0 Å². The second-order valence-electron chi connectivity index (χ2n) is 4.68. The second kappa shape index (κ2) is 7.73. The molecule has 116 valence electrons. The maximum atomic E-state index is 8.96. The Morgan fingerprint density at radius 3 is 2.32 bits per heavy atom. The van der Waals surface area contributed by atoms with E-state index in [1.54, 1.807) is 12.1 Å². The van der Waals surface area contributed by atoms with Crippen LogP contribution in [-0.4, -0.2) is 24.5 Å². The monoisotopic (exact) mass is 302 g/mol. The third-order valence-electron chi connectivity index (χ3n) is 3.20. The number of rotatable bonds is 7. The maximum absolute atomic E-state index is 8.96. The maximum Gasteiger partial charge on any atom is 0.707 e. The molecule has 0 saturated heterocycles. The van der Waals surface area contributed by atoms with Gasteiger partial charge < -0.3 is 24.2 Å². The Balaban J connectivity index is 2.22. The van der Waals surface area contributed by atoms with Crippen LogP contribution in [0.1, 0.15) is 18.1 Å². The molecule has 0 amide bonds. The molecule has 0 radical (unpaired) electrons. The van der Waals surface area contributed by atoms with Gasteiger partial charge in [-0.25, -0.2) is 0 Å². The van der Waals surface area contributed by atoms with Gasteiger partial charge in [0.1, 0.15) is 18.1 Å². The van der Waals surface area contributed by atoms with Crippen molar-refractivity contribution in [3.05, 3.63) is 53.6 Å². The van der Waals surface area contributed by atoms with Crippen molar-refractivity contribution in [1.29, 1.82) is 0 Å². The third kappa shape index (κ3) is 4.16. The van der Waals surface area contributed by atoms with Gasteiger partial charge in [0, 0.05) is 6.07 Å². The van der Waals surface area contributed by atoms with Crippen LogP contribution in [0, 0.1) is 0 Å². The zero-order valence-corrected chi connectivity index (χ0v) is 12.7. The lowest BCUT2D eigenvalue weighted by atomic mass is 10.1. The number of benzene rings is 2.